The number of carbonyl (C=O) groups excluding carboxylic acids is 1. The molecule has 0 saturated carbocycles. The molecular formula is C15H13N5O2. The van der Waals surface area contributed by atoms with E-state index in [1.165, 1.54) is 6.33 Å². The number of aromatic nitrogens is 3. The van der Waals surface area contributed by atoms with E-state index in [4.69, 9.17) is 10.5 Å². The summed E-state index contributed by atoms with van der Waals surface area (Å²) in [5, 5.41) is 1.04. The van der Waals surface area contributed by atoms with E-state index in [1.54, 1.807) is 4.90 Å². The molecule has 1 amide bonds. The van der Waals surface area contributed by atoms with E-state index in [2.05, 4.69) is 15.0 Å². The highest BCUT2D eigenvalue weighted by molar-refractivity contribution is 6.11. The zero-order chi connectivity index (χ0) is 15.1. The lowest BCUT2D eigenvalue weighted by Crippen LogP contribution is -2.32. The number of rotatable bonds is 1. The zero-order valence-corrected chi connectivity index (χ0v) is 11.6. The van der Waals surface area contributed by atoms with Gasteiger partial charge in [0.25, 0.3) is 5.91 Å². The fourth-order valence-corrected chi connectivity index (χ4v) is 2.62. The quantitative estimate of drug-likeness (QED) is 0.710. The Morgan fingerprint density at radius 2 is 2.18 bits per heavy atom. The molecule has 3 heterocycles. The SMILES string of the molecule is Nc1ncnc2c1C(=O)N(c1ccc3[nH]ccc3c1)CCO2. The van der Waals surface area contributed by atoms with Crippen molar-refractivity contribution in [3.8, 4) is 5.88 Å². The normalized spacial score (nSPS) is 14.5. The number of nitrogens with one attached hydrogen (secondary N) is 1. The Hall–Kier alpha value is -3.09. The van der Waals surface area contributed by atoms with Crippen LogP contribution < -0.4 is 15.4 Å². The first kappa shape index (κ1) is 12.6. The molecule has 0 fully saturated rings. The average molecular weight is 295 g/mol. The Bertz CT molecular complexity index is 873. The van der Waals surface area contributed by atoms with E-state index in [-0.39, 0.29) is 23.2 Å². The van der Waals surface area contributed by atoms with Gasteiger partial charge < -0.3 is 20.4 Å². The van der Waals surface area contributed by atoms with Gasteiger partial charge in [0.05, 0.1) is 6.54 Å². The number of ether oxygens (including phenoxy) is 1. The average Bonchev–Trinajstić information content (AvgIpc) is 2.91. The molecule has 0 spiro atoms. The standard InChI is InChI=1S/C15H13N5O2/c16-13-12-14(19-8-18-13)22-6-5-20(15(12)21)10-1-2-11-9(7-10)3-4-17-11/h1-4,7-8,17H,5-6H2,(H2,16,18,19). The van der Waals surface area contributed by atoms with Gasteiger partial charge in [-0.25, -0.2) is 9.97 Å². The first-order chi connectivity index (χ1) is 10.7. The summed E-state index contributed by atoms with van der Waals surface area (Å²) in [5.74, 6) is 0.118. The van der Waals surface area contributed by atoms with Crippen molar-refractivity contribution in [1.82, 2.24) is 15.0 Å². The van der Waals surface area contributed by atoms with Crippen molar-refractivity contribution >= 4 is 28.3 Å². The Morgan fingerprint density at radius 1 is 1.27 bits per heavy atom. The van der Waals surface area contributed by atoms with Crippen LogP contribution in [0, 0.1) is 0 Å². The molecular weight excluding hydrogens is 282 g/mol. The second-order valence-corrected chi connectivity index (χ2v) is 4.99. The fourth-order valence-electron chi connectivity index (χ4n) is 2.62. The summed E-state index contributed by atoms with van der Waals surface area (Å²) < 4.78 is 5.52. The number of amides is 1. The van der Waals surface area contributed by atoms with Crippen molar-refractivity contribution in [1.29, 1.82) is 0 Å². The number of hydrogen-bond acceptors (Lipinski definition) is 5. The van der Waals surface area contributed by atoms with Crippen LogP contribution in [0.1, 0.15) is 10.4 Å². The summed E-state index contributed by atoms with van der Waals surface area (Å²) in [5.41, 5.74) is 7.86. The number of nitrogens with zero attached hydrogens (tertiary/aromatic N) is 3. The summed E-state index contributed by atoms with van der Waals surface area (Å²) in [7, 11) is 0. The zero-order valence-electron chi connectivity index (χ0n) is 11.6. The van der Waals surface area contributed by atoms with Gasteiger partial charge >= 0.3 is 0 Å². The molecule has 0 bridgehead atoms. The minimum absolute atomic E-state index is 0.129. The third-order valence-corrected chi connectivity index (χ3v) is 3.70. The number of hydrogen-bond donors (Lipinski definition) is 2. The fraction of sp³-hybridized carbons (Fsp3) is 0.133. The lowest BCUT2D eigenvalue weighted by molar-refractivity contribution is 0.0990. The maximum atomic E-state index is 12.8. The predicted molar refractivity (Wildman–Crippen MR) is 81.9 cm³/mol. The minimum Gasteiger partial charge on any atom is -0.475 e. The van der Waals surface area contributed by atoms with Crippen LogP contribution in [0.5, 0.6) is 5.88 Å². The van der Waals surface area contributed by atoms with Gasteiger partial charge in [-0.15, -0.1) is 0 Å². The Morgan fingerprint density at radius 3 is 3.09 bits per heavy atom. The summed E-state index contributed by atoms with van der Waals surface area (Å²) in [4.78, 5) is 25.5. The van der Waals surface area contributed by atoms with E-state index in [9.17, 15) is 4.79 Å². The van der Waals surface area contributed by atoms with Crippen molar-refractivity contribution < 1.29 is 9.53 Å². The highest BCUT2D eigenvalue weighted by Crippen LogP contribution is 2.28. The first-order valence-corrected chi connectivity index (χ1v) is 6.86. The highest BCUT2D eigenvalue weighted by atomic mass is 16.5. The van der Waals surface area contributed by atoms with Crippen LogP contribution in [0.3, 0.4) is 0 Å². The number of fused-ring (bicyclic) bond motifs is 2. The van der Waals surface area contributed by atoms with Crippen LogP contribution in [0.4, 0.5) is 11.5 Å². The van der Waals surface area contributed by atoms with Gasteiger partial charge in [-0.05, 0) is 24.3 Å². The van der Waals surface area contributed by atoms with Gasteiger partial charge in [0.15, 0.2) is 0 Å². The molecule has 1 aliphatic heterocycles. The van der Waals surface area contributed by atoms with Gasteiger partial charge in [0.2, 0.25) is 5.88 Å². The molecule has 3 N–H and O–H groups in total. The van der Waals surface area contributed by atoms with Crippen LogP contribution in [0.15, 0.2) is 36.8 Å². The molecule has 3 aromatic rings. The summed E-state index contributed by atoms with van der Waals surface area (Å²) in [6.07, 6.45) is 3.16. The van der Waals surface area contributed by atoms with Gasteiger partial charge in [0.1, 0.15) is 24.3 Å². The van der Waals surface area contributed by atoms with Gasteiger partial charge in [0, 0.05) is 22.8 Å². The van der Waals surface area contributed by atoms with Crippen LogP contribution in [0.2, 0.25) is 0 Å². The van der Waals surface area contributed by atoms with Crippen LogP contribution in [0.25, 0.3) is 10.9 Å². The molecule has 0 aliphatic carbocycles. The Kier molecular flexibility index (Phi) is 2.72. The van der Waals surface area contributed by atoms with Crippen molar-refractivity contribution in [2.75, 3.05) is 23.8 Å². The predicted octanol–water partition coefficient (Wildman–Crippen LogP) is 1.58. The molecule has 110 valence electrons. The van der Waals surface area contributed by atoms with Crippen LogP contribution in [-0.2, 0) is 0 Å². The third-order valence-electron chi connectivity index (χ3n) is 3.70. The molecule has 0 radical (unpaired) electrons. The summed E-state index contributed by atoms with van der Waals surface area (Å²) >= 11 is 0. The summed E-state index contributed by atoms with van der Waals surface area (Å²) in [6.45, 7) is 0.769. The molecule has 4 rings (SSSR count). The smallest absolute Gasteiger partial charge is 0.267 e. The van der Waals surface area contributed by atoms with E-state index >= 15 is 0 Å². The van der Waals surface area contributed by atoms with Crippen molar-refractivity contribution in [2.45, 2.75) is 0 Å². The number of H-pyrrole nitrogens is 1. The maximum Gasteiger partial charge on any atom is 0.267 e. The summed E-state index contributed by atoms with van der Waals surface area (Å²) in [6, 6.07) is 7.74. The number of carbonyl (C=O) groups is 1. The van der Waals surface area contributed by atoms with Gasteiger partial charge in [-0.2, -0.15) is 0 Å². The first-order valence-electron chi connectivity index (χ1n) is 6.86. The van der Waals surface area contributed by atoms with Crippen molar-refractivity contribution in [3.63, 3.8) is 0 Å². The minimum atomic E-state index is -0.250. The molecule has 7 nitrogen and oxygen atoms in total. The van der Waals surface area contributed by atoms with E-state index in [0.717, 1.165) is 16.6 Å². The molecule has 1 aromatic carbocycles. The van der Waals surface area contributed by atoms with E-state index < -0.39 is 0 Å². The number of nitrogens with two attached hydrogens (primary N) is 1. The monoisotopic (exact) mass is 295 g/mol. The van der Waals surface area contributed by atoms with E-state index in [1.807, 2.05) is 30.5 Å². The lowest BCUT2D eigenvalue weighted by Gasteiger charge is -2.20. The van der Waals surface area contributed by atoms with Gasteiger partial charge in [-0.1, -0.05) is 0 Å². The Labute approximate surface area is 125 Å². The number of aromatic amines is 1. The second kappa shape index (κ2) is 4.73. The molecule has 0 unspecified atom stereocenters. The molecule has 1 aliphatic rings. The molecule has 7 heteroatoms. The van der Waals surface area contributed by atoms with Crippen molar-refractivity contribution in [3.05, 3.63) is 42.4 Å². The molecule has 0 saturated heterocycles. The third kappa shape index (κ3) is 1.86. The van der Waals surface area contributed by atoms with E-state index in [0.29, 0.717) is 13.2 Å². The molecule has 2 aromatic heterocycles. The molecule has 0 atom stereocenters. The van der Waals surface area contributed by atoms with Crippen LogP contribution in [-0.4, -0.2) is 34.0 Å². The maximum absolute atomic E-state index is 12.8. The topological polar surface area (TPSA) is 97.1 Å². The van der Waals surface area contributed by atoms with Crippen LogP contribution >= 0.6 is 0 Å². The highest BCUT2D eigenvalue weighted by Gasteiger charge is 2.28. The van der Waals surface area contributed by atoms with Gasteiger partial charge in [-0.3, -0.25) is 4.79 Å². The number of benzene rings is 1. The number of nitrogen functional groups attached to an aromatic ring is 1. The van der Waals surface area contributed by atoms with Crippen molar-refractivity contribution in [2.24, 2.45) is 0 Å². The second-order valence-electron chi connectivity index (χ2n) is 4.99. The number of anilines is 2. The largest absolute Gasteiger partial charge is 0.475 e. The Balaban J connectivity index is 1.81. The lowest BCUT2D eigenvalue weighted by atomic mass is 10.2. The molecule has 22 heavy (non-hydrogen) atoms.